The highest BCUT2D eigenvalue weighted by atomic mass is 35.5. The highest BCUT2D eigenvalue weighted by Gasteiger charge is 2.33. The van der Waals surface area contributed by atoms with Gasteiger partial charge in [0.05, 0.1) is 11.5 Å². The van der Waals surface area contributed by atoms with E-state index in [0.717, 1.165) is 0 Å². The zero-order valence-electron chi connectivity index (χ0n) is 12.5. The van der Waals surface area contributed by atoms with E-state index in [1.165, 1.54) is 12.1 Å². The van der Waals surface area contributed by atoms with Gasteiger partial charge < -0.3 is 4.74 Å². The van der Waals surface area contributed by atoms with Gasteiger partial charge in [-0.15, -0.1) is 11.6 Å². The largest absolute Gasteiger partial charge is 0.484 e. The highest BCUT2D eigenvalue weighted by molar-refractivity contribution is 6.17. The molecular formula is C14H18ClN3O4. The van der Waals surface area contributed by atoms with Gasteiger partial charge in [-0.05, 0) is 26.3 Å². The van der Waals surface area contributed by atoms with Crippen molar-refractivity contribution in [2.24, 2.45) is 0 Å². The summed E-state index contributed by atoms with van der Waals surface area (Å²) >= 11 is 5.58. The number of benzene rings is 1. The number of nitrogens with one attached hydrogen (secondary N) is 1. The number of hydrogen-bond donors (Lipinski definition) is 1. The SMILES string of the molecule is CC1(C)CN(NC(=O)CCCCl)c2cc([N+](=O)[O-])ccc2O1. The van der Waals surface area contributed by atoms with Crippen molar-refractivity contribution in [3.63, 3.8) is 0 Å². The predicted octanol–water partition coefficient (Wildman–Crippen LogP) is 2.62. The van der Waals surface area contributed by atoms with E-state index in [1.54, 1.807) is 11.1 Å². The first-order valence-electron chi connectivity index (χ1n) is 6.93. The Morgan fingerprint density at radius 1 is 1.55 bits per heavy atom. The minimum Gasteiger partial charge on any atom is -0.484 e. The number of nitro groups is 1. The van der Waals surface area contributed by atoms with Gasteiger partial charge >= 0.3 is 0 Å². The molecule has 0 unspecified atom stereocenters. The Balaban J connectivity index is 2.28. The molecule has 22 heavy (non-hydrogen) atoms. The van der Waals surface area contributed by atoms with Crippen LogP contribution in [0.25, 0.3) is 0 Å². The fourth-order valence-corrected chi connectivity index (χ4v) is 2.38. The van der Waals surface area contributed by atoms with Crippen molar-refractivity contribution < 1.29 is 14.5 Å². The second-order valence-corrected chi connectivity index (χ2v) is 6.06. The zero-order valence-corrected chi connectivity index (χ0v) is 13.2. The van der Waals surface area contributed by atoms with E-state index in [0.29, 0.717) is 36.7 Å². The lowest BCUT2D eigenvalue weighted by atomic mass is 10.1. The minimum atomic E-state index is -0.525. The average Bonchev–Trinajstić information content (AvgIpc) is 2.43. The summed E-state index contributed by atoms with van der Waals surface area (Å²) < 4.78 is 5.81. The third kappa shape index (κ3) is 3.79. The highest BCUT2D eigenvalue weighted by Crippen LogP contribution is 2.38. The summed E-state index contributed by atoms with van der Waals surface area (Å²) in [4.78, 5) is 22.4. The first-order valence-corrected chi connectivity index (χ1v) is 7.46. The number of halogens is 1. The number of carbonyl (C=O) groups is 1. The van der Waals surface area contributed by atoms with Crippen molar-refractivity contribution in [3.05, 3.63) is 28.3 Å². The summed E-state index contributed by atoms with van der Waals surface area (Å²) in [6, 6.07) is 4.33. The Morgan fingerprint density at radius 2 is 2.27 bits per heavy atom. The van der Waals surface area contributed by atoms with Crippen LogP contribution in [0.1, 0.15) is 26.7 Å². The maximum atomic E-state index is 11.9. The van der Waals surface area contributed by atoms with Gasteiger partial charge in [0.1, 0.15) is 17.0 Å². The third-order valence-electron chi connectivity index (χ3n) is 3.17. The molecule has 120 valence electrons. The average molecular weight is 328 g/mol. The van der Waals surface area contributed by atoms with E-state index in [-0.39, 0.29) is 11.6 Å². The lowest BCUT2D eigenvalue weighted by Crippen LogP contribution is -2.54. The van der Waals surface area contributed by atoms with Crippen LogP contribution >= 0.6 is 11.6 Å². The van der Waals surface area contributed by atoms with Crippen molar-refractivity contribution >= 4 is 28.9 Å². The van der Waals surface area contributed by atoms with Gasteiger partial charge in [0.15, 0.2) is 0 Å². The second-order valence-electron chi connectivity index (χ2n) is 5.68. The molecule has 0 saturated carbocycles. The fraction of sp³-hybridized carbons (Fsp3) is 0.500. The van der Waals surface area contributed by atoms with Crippen LogP contribution in [-0.4, -0.2) is 28.9 Å². The summed E-state index contributed by atoms with van der Waals surface area (Å²) in [6.45, 7) is 4.15. The van der Waals surface area contributed by atoms with E-state index < -0.39 is 10.5 Å². The molecule has 0 aromatic heterocycles. The molecule has 1 aliphatic rings. The van der Waals surface area contributed by atoms with E-state index in [4.69, 9.17) is 16.3 Å². The molecule has 0 radical (unpaired) electrons. The van der Waals surface area contributed by atoms with Crippen LogP contribution in [0.4, 0.5) is 11.4 Å². The van der Waals surface area contributed by atoms with Crippen LogP contribution < -0.4 is 15.2 Å². The second kappa shape index (κ2) is 6.39. The summed E-state index contributed by atoms with van der Waals surface area (Å²) in [5.74, 6) is 0.722. The van der Waals surface area contributed by atoms with Crippen LogP contribution in [0.2, 0.25) is 0 Å². The van der Waals surface area contributed by atoms with Gasteiger partial charge in [-0.1, -0.05) is 0 Å². The molecule has 0 bridgehead atoms. The molecule has 8 heteroatoms. The van der Waals surface area contributed by atoms with Gasteiger partial charge in [-0.2, -0.15) is 0 Å². The molecule has 1 N–H and O–H groups in total. The van der Waals surface area contributed by atoms with E-state index in [9.17, 15) is 14.9 Å². The summed E-state index contributed by atoms with van der Waals surface area (Å²) in [5.41, 5.74) is 2.67. The lowest BCUT2D eigenvalue weighted by Gasteiger charge is -2.40. The predicted molar refractivity (Wildman–Crippen MR) is 83.2 cm³/mol. The first kappa shape index (κ1) is 16.4. The molecule has 0 aliphatic carbocycles. The molecule has 0 spiro atoms. The molecule has 2 rings (SSSR count). The number of anilines is 1. The smallest absolute Gasteiger partial charge is 0.271 e. The number of amides is 1. The van der Waals surface area contributed by atoms with Crippen molar-refractivity contribution in [1.29, 1.82) is 0 Å². The number of hydrazine groups is 1. The van der Waals surface area contributed by atoms with Crippen molar-refractivity contribution in [3.8, 4) is 5.75 Å². The quantitative estimate of drug-likeness (QED) is 0.510. The standard InChI is InChI=1S/C14H18ClN3O4/c1-14(2)9-17(16-13(19)4-3-7-15)11-8-10(18(20)21)5-6-12(11)22-14/h5-6,8H,3-4,7,9H2,1-2H3,(H,16,19). The summed E-state index contributed by atoms with van der Waals surface area (Å²) in [6.07, 6.45) is 0.870. The minimum absolute atomic E-state index is 0.0536. The fourth-order valence-electron chi connectivity index (χ4n) is 2.25. The normalized spacial score (nSPS) is 15.7. The molecular weight excluding hydrogens is 310 g/mol. The van der Waals surface area contributed by atoms with Crippen LogP contribution in [0.5, 0.6) is 5.75 Å². The Kier molecular flexibility index (Phi) is 4.75. The molecule has 0 saturated heterocycles. The Labute approximate surface area is 133 Å². The van der Waals surface area contributed by atoms with Gasteiger partial charge in [0, 0.05) is 24.4 Å². The first-order chi connectivity index (χ1) is 10.3. The van der Waals surface area contributed by atoms with Crippen LogP contribution in [0, 0.1) is 10.1 Å². The summed E-state index contributed by atoms with van der Waals surface area (Å²) in [5, 5.41) is 12.5. The zero-order chi connectivity index (χ0) is 16.3. The summed E-state index contributed by atoms with van der Waals surface area (Å²) in [7, 11) is 0. The van der Waals surface area contributed by atoms with E-state index in [1.807, 2.05) is 13.8 Å². The molecule has 1 amide bonds. The Bertz CT molecular complexity index is 591. The third-order valence-corrected chi connectivity index (χ3v) is 3.43. The molecule has 0 fully saturated rings. The Hall–Kier alpha value is -2.02. The molecule has 1 aromatic rings. The van der Waals surface area contributed by atoms with Crippen LogP contribution in [0.3, 0.4) is 0 Å². The number of hydrogen-bond acceptors (Lipinski definition) is 5. The van der Waals surface area contributed by atoms with Crippen LogP contribution in [0.15, 0.2) is 18.2 Å². The van der Waals surface area contributed by atoms with Gasteiger partial charge in [0.25, 0.3) is 5.69 Å². The molecule has 0 atom stereocenters. The number of nitrogens with zero attached hydrogens (tertiary/aromatic N) is 2. The molecule has 1 aliphatic heterocycles. The van der Waals surface area contributed by atoms with Crippen molar-refractivity contribution in [1.82, 2.24) is 5.43 Å². The van der Waals surface area contributed by atoms with Gasteiger partial charge in [0.2, 0.25) is 5.91 Å². The number of alkyl halides is 1. The maximum Gasteiger partial charge on any atom is 0.271 e. The van der Waals surface area contributed by atoms with Crippen molar-refractivity contribution in [2.45, 2.75) is 32.3 Å². The molecule has 7 nitrogen and oxygen atoms in total. The molecule has 1 aromatic carbocycles. The molecule has 1 heterocycles. The van der Waals surface area contributed by atoms with E-state index >= 15 is 0 Å². The number of ether oxygens (including phenoxy) is 1. The number of rotatable bonds is 5. The monoisotopic (exact) mass is 327 g/mol. The Morgan fingerprint density at radius 3 is 2.91 bits per heavy atom. The number of carbonyl (C=O) groups excluding carboxylic acids is 1. The number of non-ortho nitro benzene ring substituents is 1. The van der Waals surface area contributed by atoms with Crippen LogP contribution in [-0.2, 0) is 4.79 Å². The van der Waals surface area contributed by atoms with E-state index in [2.05, 4.69) is 5.43 Å². The lowest BCUT2D eigenvalue weighted by molar-refractivity contribution is -0.384. The number of nitro benzene ring substituents is 1. The maximum absolute atomic E-state index is 11.9. The topological polar surface area (TPSA) is 84.7 Å². The van der Waals surface area contributed by atoms with Crippen molar-refractivity contribution in [2.75, 3.05) is 17.4 Å². The van der Waals surface area contributed by atoms with Gasteiger partial charge in [-0.25, -0.2) is 0 Å². The van der Waals surface area contributed by atoms with Gasteiger partial charge in [-0.3, -0.25) is 25.3 Å². The number of fused-ring (bicyclic) bond motifs is 1.